The molecule has 2 atom stereocenters. The molecular weight excluding hydrogens is 262 g/mol. The Morgan fingerprint density at radius 1 is 1.05 bits per heavy atom. The van der Waals surface area contributed by atoms with Crippen molar-refractivity contribution in [2.45, 2.75) is 50.3 Å². The first-order chi connectivity index (χ1) is 10.2. The highest BCUT2D eigenvalue weighted by Gasteiger charge is 2.26. The van der Waals surface area contributed by atoms with Gasteiger partial charge in [0.25, 0.3) is 0 Å². The van der Waals surface area contributed by atoms with Crippen LogP contribution in [0.5, 0.6) is 0 Å². The fourth-order valence-electron chi connectivity index (χ4n) is 3.49. The molecule has 4 nitrogen and oxygen atoms in total. The second kappa shape index (κ2) is 6.46. The summed E-state index contributed by atoms with van der Waals surface area (Å²) in [4.78, 5) is 2.39. The van der Waals surface area contributed by atoms with Crippen LogP contribution in [-0.2, 0) is 0 Å². The van der Waals surface area contributed by atoms with E-state index in [2.05, 4.69) is 16.3 Å². The molecule has 1 aliphatic carbocycles. The maximum atomic E-state index is 9.59. The predicted molar refractivity (Wildman–Crippen MR) is 83.2 cm³/mol. The molecule has 1 aliphatic heterocycles. The highest BCUT2D eigenvalue weighted by Crippen LogP contribution is 2.23. The van der Waals surface area contributed by atoms with Gasteiger partial charge in [0.2, 0.25) is 0 Å². The van der Waals surface area contributed by atoms with E-state index in [1.165, 1.54) is 5.69 Å². The Kier molecular flexibility index (Phi) is 4.42. The quantitative estimate of drug-likeness (QED) is 0.892. The van der Waals surface area contributed by atoms with Gasteiger partial charge in [0, 0.05) is 30.9 Å². The Balaban J connectivity index is 1.49. The summed E-state index contributed by atoms with van der Waals surface area (Å²) in [7, 11) is 0. The summed E-state index contributed by atoms with van der Waals surface area (Å²) in [6.45, 7) is 2.11. The molecule has 3 rings (SSSR count). The Hall–Kier alpha value is -1.57. The summed E-state index contributed by atoms with van der Waals surface area (Å²) in [6.07, 6.45) is 5.16. The standard InChI is InChI=1S/C17H23N3O/c18-12-13-1-4-16(5-2-13)20-9-7-14(8-10-20)19-15-3-6-17(21)11-15/h1-2,4-5,14-15,17,19,21H,3,6-11H2/t15-,17+/m0/s1. The topological polar surface area (TPSA) is 59.3 Å². The molecule has 1 aromatic rings. The zero-order chi connectivity index (χ0) is 14.7. The summed E-state index contributed by atoms with van der Waals surface area (Å²) in [5.41, 5.74) is 1.93. The van der Waals surface area contributed by atoms with E-state index in [0.29, 0.717) is 12.1 Å². The maximum Gasteiger partial charge on any atom is 0.0991 e. The fraction of sp³-hybridized carbons (Fsp3) is 0.588. The smallest absolute Gasteiger partial charge is 0.0991 e. The first-order valence-corrected chi connectivity index (χ1v) is 7.94. The molecule has 0 bridgehead atoms. The van der Waals surface area contributed by atoms with E-state index in [1.807, 2.05) is 24.3 Å². The van der Waals surface area contributed by atoms with Crippen LogP contribution in [0.2, 0.25) is 0 Å². The number of nitrogens with zero attached hydrogens (tertiary/aromatic N) is 2. The van der Waals surface area contributed by atoms with Gasteiger partial charge in [-0.25, -0.2) is 0 Å². The summed E-state index contributed by atoms with van der Waals surface area (Å²) < 4.78 is 0. The average Bonchev–Trinajstić information content (AvgIpc) is 2.93. The molecule has 2 fully saturated rings. The fourth-order valence-corrected chi connectivity index (χ4v) is 3.49. The second-order valence-electron chi connectivity index (χ2n) is 6.25. The molecule has 1 heterocycles. The number of aliphatic hydroxyl groups excluding tert-OH is 1. The number of hydrogen-bond donors (Lipinski definition) is 2. The number of nitriles is 1. The molecule has 0 spiro atoms. The Labute approximate surface area is 126 Å². The van der Waals surface area contributed by atoms with Gasteiger partial charge < -0.3 is 15.3 Å². The number of nitrogens with one attached hydrogen (secondary N) is 1. The minimum atomic E-state index is -0.0961. The van der Waals surface area contributed by atoms with Crippen LogP contribution in [0.4, 0.5) is 5.69 Å². The number of rotatable bonds is 3. The summed E-state index contributed by atoms with van der Waals surface area (Å²) in [6, 6.07) is 11.1. The summed E-state index contributed by atoms with van der Waals surface area (Å²) in [5.74, 6) is 0. The van der Waals surface area contributed by atoms with Crippen molar-refractivity contribution >= 4 is 5.69 Å². The zero-order valence-electron chi connectivity index (χ0n) is 12.3. The lowest BCUT2D eigenvalue weighted by Gasteiger charge is -2.35. The molecule has 0 radical (unpaired) electrons. The van der Waals surface area contributed by atoms with Crippen molar-refractivity contribution in [1.29, 1.82) is 5.26 Å². The van der Waals surface area contributed by atoms with Crippen molar-refractivity contribution in [3.05, 3.63) is 29.8 Å². The lowest BCUT2D eigenvalue weighted by molar-refractivity contribution is 0.178. The van der Waals surface area contributed by atoms with E-state index < -0.39 is 0 Å². The molecule has 0 aromatic heterocycles. The van der Waals surface area contributed by atoms with Gasteiger partial charge in [0.15, 0.2) is 0 Å². The van der Waals surface area contributed by atoms with Crippen LogP contribution in [0.15, 0.2) is 24.3 Å². The van der Waals surface area contributed by atoms with Crippen LogP contribution in [0.25, 0.3) is 0 Å². The SMILES string of the molecule is N#Cc1ccc(N2CCC(N[C@H]3CC[C@@H](O)C3)CC2)cc1. The monoisotopic (exact) mass is 285 g/mol. The van der Waals surface area contributed by atoms with E-state index >= 15 is 0 Å². The van der Waals surface area contributed by atoms with Crippen LogP contribution < -0.4 is 10.2 Å². The minimum Gasteiger partial charge on any atom is -0.393 e. The predicted octanol–water partition coefficient (Wildman–Crippen LogP) is 2.03. The number of benzene rings is 1. The van der Waals surface area contributed by atoms with Crippen molar-refractivity contribution in [2.75, 3.05) is 18.0 Å². The third kappa shape index (κ3) is 3.55. The van der Waals surface area contributed by atoms with Gasteiger partial charge in [0.1, 0.15) is 0 Å². The lowest BCUT2D eigenvalue weighted by Crippen LogP contribution is -2.45. The van der Waals surface area contributed by atoms with E-state index in [4.69, 9.17) is 5.26 Å². The van der Waals surface area contributed by atoms with Crippen LogP contribution in [0, 0.1) is 11.3 Å². The Morgan fingerprint density at radius 3 is 2.33 bits per heavy atom. The lowest BCUT2D eigenvalue weighted by atomic mass is 10.0. The minimum absolute atomic E-state index is 0.0961. The molecule has 0 unspecified atom stereocenters. The van der Waals surface area contributed by atoms with Crippen molar-refractivity contribution in [3.8, 4) is 6.07 Å². The van der Waals surface area contributed by atoms with Gasteiger partial charge in [-0.15, -0.1) is 0 Å². The first-order valence-electron chi connectivity index (χ1n) is 7.94. The van der Waals surface area contributed by atoms with Crippen LogP contribution in [0.1, 0.15) is 37.7 Å². The maximum absolute atomic E-state index is 9.59. The average molecular weight is 285 g/mol. The van der Waals surface area contributed by atoms with Gasteiger partial charge in [-0.2, -0.15) is 5.26 Å². The highest BCUT2D eigenvalue weighted by molar-refractivity contribution is 5.50. The van der Waals surface area contributed by atoms with Gasteiger partial charge in [-0.1, -0.05) is 0 Å². The third-order valence-corrected chi connectivity index (χ3v) is 4.73. The first kappa shape index (κ1) is 14.4. The number of anilines is 1. The molecule has 2 aliphatic rings. The normalized spacial score (nSPS) is 26.8. The molecule has 1 saturated heterocycles. The van der Waals surface area contributed by atoms with Crippen molar-refractivity contribution in [1.82, 2.24) is 5.32 Å². The Bertz CT molecular complexity index is 500. The summed E-state index contributed by atoms with van der Waals surface area (Å²) >= 11 is 0. The van der Waals surface area contributed by atoms with Crippen LogP contribution >= 0.6 is 0 Å². The van der Waals surface area contributed by atoms with Gasteiger partial charge in [-0.3, -0.25) is 0 Å². The molecule has 0 amide bonds. The third-order valence-electron chi connectivity index (χ3n) is 4.73. The second-order valence-corrected chi connectivity index (χ2v) is 6.25. The van der Waals surface area contributed by atoms with Crippen molar-refractivity contribution < 1.29 is 5.11 Å². The number of aliphatic hydroxyl groups is 1. The molecular formula is C17H23N3O. The van der Waals surface area contributed by atoms with Crippen molar-refractivity contribution in [2.24, 2.45) is 0 Å². The van der Waals surface area contributed by atoms with E-state index in [1.54, 1.807) is 0 Å². The number of piperidine rings is 1. The van der Waals surface area contributed by atoms with Gasteiger partial charge in [0.05, 0.1) is 17.7 Å². The molecule has 112 valence electrons. The van der Waals surface area contributed by atoms with Crippen LogP contribution in [0.3, 0.4) is 0 Å². The van der Waals surface area contributed by atoms with Crippen molar-refractivity contribution in [3.63, 3.8) is 0 Å². The molecule has 21 heavy (non-hydrogen) atoms. The largest absolute Gasteiger partial charge is 0.393 e. The highest BCUT2D eigenvalue weighted by atomic mass is 16.3. The summed E-state index contributed by atoms with van der Waals surface area (Å²) in [5, 5.41) is 22.1. The van der Waals surface area contributed by atoms with Crippen LogP contribution in [-0.4, -0.2) is 36.4 Å². The molecule has 1 saturated carbocycles. The van der Waals surface area contributed by atoms with Gasteiger partial charge >= 0.3 is 0 Å². The number of hydrogen-bond acceptors (Lipinski definition) is 4. The van der Waals surface area contributed by atoms with E-state index in [9.17, 15) is 5.11 Å². The Morgan fingerprint density at radius 2 is 1.76 bits per heavy atom. The molecule has 2 N–H and O–H groups in total. The zero-order valence-corrected chi connectivity index (χ0v) is 12.3. The molecule has 4 heteroatoms. The van der Waals surface area contributed by atoms with E-state index in [-0.39, 0.29) is 6.10 Å². The van der Waals surface area contributed by atoms with E-state index in [0.717, 1.165) is 50.8 Å². The van der Waals surface area contributed by atoms with Gasteiger partial charge in [-0.05, 0) is 56.4 Å². The molecule has 1 aromatic carbocycles.